The first-order valence-electron chi connectivity index (χ1n) is 18.9. The molecule has 4 aromatic rings. The van der Waals surface area contributed by atoms with Gasteiger partial charge in [-0.25, -0.2) is 15.2 Å². The van der Waals surface area contributed by atoms with E-state index in [4.69, 9.17) is 19.4 Å². The molecule has 7 rings (SSSR count). The summed E-state index contributed by atoms with van der Waals surface area (Å²) < 4.78 is 14.2. The number of pyridine rings is 1. The number of nitrogens with zero attached hydrogens (tertiary/aromatic N) is 6. The van der Waals surface area contributed by atoms with Gasteiger partial charge in [-0.15, -0.1) is 11.3 Å². The van der Waals surface area contributed by atoms with Crippen molar-refractivity contribution < 1.29 is 23.9 Å². The third-order valence-electron chi connectivity index (χ3n) is 11.0. The number of amides is 3. The van der Waals surface area contributed by atoms with Crippen molar-refractivity contribution in [3.8, 4) is 22.5 Å². The predicted molar refractivity (Wildman–Crippen MR) is 209 cm³/mol. The number of carbonyl (C=O) groups is 3. The van der Waals surface area contributed by atoms with Gasteiger partial charge < -0.3 is 29.2 Å². The molecule has 0 saturated carbocycles. The summed E-state index contributed by atoms with van der Waals surface area (Å²) in [6.07, 6.45) is 3.57. The molecule has 0 radical (unpaired) electrons. The number of hydrogen-bond donors (Lipinski definition) is 2. The molecule has 3 atom stereocenters. The molecule has 6 bridgehead atoms. The highest BCUT2D eigenvalue weighted by atomic mass is 32.1. The average molecular weight is 757 g/mol. The van der Waals surface area contributed by atoms with Gasteiger partial charge in [-0.2, -0.15) is 0 Å². The summed E-state index contributed by atoms with van der Waals surface area (Å²) in [6, 6.07) is 8.96. The van der Waals surface area contributed by atoms with Crippen molar-refractivity contribution in [2.45, 2.75) is 84.2 Å². The van der Waals surface area contributed by atoms with E-state index in [2.05, 4.69) is 65.2 Å². The summed E-state index contributed by atoms with van der Waals surface area (Å²) in [4.78, 5) is 54.9. The number of benzene rings is 1. The standard InChI is InChI=1S/C40H52N8O5S/c1-8-47-33-14-13-25-17-28(33)29(36(47)27-11-9-15-41-35(27)24(2)52-7)19-40(3,4)23-53-38(50)30-12-10-16-48(44-30)37(49)31(18-34-42-32(25)22-54-34)43-39(51)46-20-26(21-46)45(5)6/h9,11,13-15,17,22,24,26,30-31,44H,8,10,12,16,18-21,23H2,1-7H3,(H,43,51)/t24-,30-,31-/m0/s1. The molecule has 6 heterocycles. The van der Waals surface area contributed by atoms with Crippen molar-refractivity contribution in [3.63, 3.8) is 0 Å². The highest BCUT2D eigenvalue weighted by molar-refractivity contribution is 7.10. The number of methoxy groups -OCH3 is 1. The van der Waals surface area contributed by atoms with Gasteiger partial charge in [0.05, 0.1) is 34.8 Å². The van der Waals surface area contributed by atoms with Crippen LogP contribution in [0.1, 0.15) is 62.9 Å². The van der Waals surface area contributed by atoms with Crippen molar-refractivity contribution >= 4 is 40.1 Å². The highest BCUT2D eigenvalue weighted by Crippen LogP contribution is 2.42. The summed E-state index contributed by atoms with van der Waals surface area (Å²) >= 11 is 1.47. The number of hydrazine groups is 1. The first-order chi connectivity index (χ1) is 25.9. The zero-order valence-electron chi connectivity index (χ0n) is 32.3. The van der Waals surface area contributed by atoms with Crippen LogP contribution in [0.25, 0.3) is 33.4 Å². The van der Waals surface area contributed by atoms with E-state index in [0.717, 1.165) is 56.2 Å². The number of urea groups is 1. The maximum Gasteiger partial charge on any atom is 0.324 e. The first kappa shape index (κ1) is 37.9. The summed E-state index contributed by atoms with van der Waals surface area (Å²) in [5.41, 5.74) is 9.63. The molecule has 2 N–H and O–H groups in total. The molecule has 0 spiro atoms. The van der Waals surface area contributed by atoms with Crippen LogP contribution in [-0.2, 0) is 38.4 Å². The highest BCUT2D eigenvalue weighted by Gasteiger charge is 2.38. The third-order valence-corrected chi connectivity index (χ3v) is 11.9. The second kappa shape index (κ2) is 15.4. The van der Waals surface area contributed by atoms with Gasteiger partial charge in [-0.3, -0.25) is 19.6 Å². The maximum absolute atomic E-state index is 14.2. The van der Waals surface area contributed by atoms with Crippen LogP contribution in [0.3, 0.4) is 0 Å². The normalized spacial score (nSPS) is 21.5. The average Bonchev–Trinajstić information content (AvgIpc) is 3.73. The molecule has 3 aliphatic heterocycles. The topological polar surface area (TPSA) is 134 Å². The number of hydrogen-bond acceptors (Lipinski definition) is 10. The molecular weight excluding hydrogens is 705 g/mol. The number of ether oxygens (including phenoxy) is 2. The van der Waals surface area contributed by atoms with E-state index in [1.807, 2.05) is 32.5 Å². The Hall–Kier alpha value is -4.37. The summed E-state index contributed by atoms with van der Waals surface area (Å²) in [5.74, 6) is -0.704. The second-order valence-corrected chi connectivity index (χ2v) is 16.7. The van der Waals surface area contributed by atoms with E-state index in [9.17, 15) is 14.4 Å². The minimum atomic E-state index is -0.881. The second-order valence-electron chi connectivity index (χ2n) is 15.7. The number of rotatable bonds is 6. The molecule has 2 fully saturated rings. The number of thiazole rings is 1. The van der Waals surface area contributed by atoms with Gasteiger partial charge in [0, 0.05) is 84.8 Å². The third kappa shape index (κ3) is 7.48. The van der Waals surface area contributed by atoms with Crippen molar-refractivity contribution in [3.05, 3.63) is 58.2 Å². The van der Waals surface area contributed by atoms with Crippen LogP contribution in [0.2, 0.25) is 0 Å². The van der Waals surface area contributed by atoms with Gasteiger partial charge in [0.15, 0.2) is 0 Å². The van der Waals surface area contributed by atoms with Crippen molar-refractivity contribution in [2.75, 3.05) is 47.4 Å². The molecular formula is C40H52N8O5S. The molecule has 288 valence electrons. The molecule has 3 amide bonds. The van der Waals surface area contributed by atoms with Gasteiger partial charge in [-0.05, 0) is 77.0 Å². The molecule has 14 heteroatoms. The largest absolute Gasteiger partial charge is 0.464 e. The van der Waals surface area contributed by atoms with Crippen molar-refractivity contribution in [2.24, 2.45) is 5.41 Å². The molecule has 1 aromatic carbocycles. The van der Waals surface area contributed by atoms with E-state index >= 15 is 0 Å². The van der Waals surface area contributed by atoms with Crippen LogP contribution in [0.15, 0.2) is 41.9 Å². The van der Waals surface area contributed by atoms with Gasteiger partial charge in [0.1, 0.15) is 12.1 Å². The molecule has 54 heavy (non-hydrogen) atoms. The Morgan fingerprint density at radius 3 is 2.76 bits per heavy atom. The van der Waals surface area contributed by atoms with E-state index in [-0.39, 0.29) is 37.1 Å². The predicted octanol–water partition coefficient (Wildman–Crippen LogP) is 5.04. The molecule has 2 saturated heterocycles. The fraction of sp³-hybridized carbons (Fsp3) is 0.525. The van der Waals surface area contributed by atoms with Gasteiger partial charge in [0.2, 0.25) is 0 Å². The zero-order chi connectivity index (χ0) is 38.3. The number of esters is 1. The van der Waals surface area contributed by atoms with Crippen molar-refractivity contribution in [1.82, 2.24) is 40.1 Å². The van der Waals surface area contributed by atoms with Gasteiger partial charge in [-0.1, -0.05) is 19.9 Å². The zero-order valence-corrected chi connectivity index (χ0v) is 33.2. The molecule has 3 aromatic heterocycles. The molecule has 0 aliphatic carbocycles. The number of cyclic esters (lactones) is 1. The number of carbonyl (C=O) groups excluding carboxylic acids is 3. The lowest BCUT2D eigenvalue weighted by Crippen LogP contribution is -2.65. The smallest absolute Gasteiger partial charge is 0.324 e. The maximum atomic E-state index is 14.2. The van der Waals surface area contributed by atoms with Crippen LogP contribution in [0, 0.1) is 5.41 Å². The van der Waals surface area contributed by atoms with E-state index in [1.54, 1.807) is 18.2 Å². The lowest BCUT2D eigenvalue weighted by atomic mass is 9.84. The minimum Gasteiger partial charge on any atom is -0.464 e. The first-order valence-corrected chi connectivity index (χ1v) is 19.8. The number of fused-ring (bicyclic) bond motifs is 6. The van der Waals surface area contributed by atoms with Gasteiger partial charge in [0.25, 0.3) is 5.91 Å². The Morgan fingerprint density at radius 1 is 1.22 bits per heavy atom. The van der Waals surface area contributed by atoms with Crippen LogP contribution in [0.4, 0.5) is 4.79 Å². The minimum absolute atomic E-state index is 0.183. The van der Waals surface area contributed by atoms with Crippen LogP contribution >= 0.6 is 11.3 Å². The number of aromatic nitrogens is 3. The fourth-order valence-electron chi connectivity index (χ4n) is 7.75. The lowest BCUT2D eigenvalue weighted by Gasteiger charge is -2.43. The number of likely N-dealkylation sites (tertiary alicyclic amines) is 1. The molecule has 0 unspecified atom stereocenters. The number of likely N-dealkylation sites (N-methyl/N-ethyl adjacent to an activating group) is 1. The number of aryl methyl sites for hydroxylation is 1. The van der Waals surface area contributed by atoms with Crippen LogP contribution in [0.5, 0.6) is 0 Å². The van der Waals surface area contributed by atoms with E-state index in [0.29, 0.717) is 38.9 Å². The Balaban J connectivity index is 1.32. The van der Waals surface area contributed by atoms with E-state index < -0.39 is 23.5 Å². The van der Waals surface area contributed by atoms with Crippen LogP contribution in [-0.4, -0.2) is 113 Å². The molecule has 3 aliphatic rings. The Labute approximate surface area is 321 Å². The van der Waals surface area contributed by atoms with Crippen LogP contribution < -0.4 is 10.7 Å². The number of nitrogens with one attached hydrogen (secondary N) is 2. The Kier molecular flexibility index (Phi) is 10.8. The summed E-state index contributed by atoms with van der Waals surface area (Å²) in [5, 5.41) is 8.34. The Bertz CT molecular complexity index is 2030. The summed E-state index contributed by atoms with van der Waals surface area (Å²) in [7, 11) is 5.69. The van der Waals surface area contributed by atoms with Crippen molar-refractivity contribution in [1.29, 1.82) is 0 Å². The Morgan fingerprint density at radius 2 is 2.02 bits per heavy atom. The van der Waals surface area contributed by atoms with Gasteiger partial charge >= 0.3 is 12.0 Å². The van der Waals surface area contributed by atoms with E-state index in [1.165, 1.54) is 16.3 Å². The monoisotopic (exact) mass is 756 g/mol. The summed E-state index contributed by atoms with van der Waals surface area (Å²) in [6.45, 7) is 10.9. The molecule has 13 nitrogen and oxygen atoms in total. The SMILES string of the molecule is CCn1c(-c2cccnc2[C@H](C)OC)c2c3cc(ccc31)-c1csc(n1)C[C@H](NC(=O)N1CC(N(C)C)C1)C(=O)N1CCC[C@H](N1)C(=O)OCC(C)(C)C2. The fourth-order valence-corrected chi connectivity index (χ4v) is 8.60. The lowest BCUT2D eigenvalue weighted by molar-refractivity contribution is -0.155. The quantitative estimate of drug-likeness (QED) is 0.260.